The van der Waals surface area contributed by atoms with E-state index >= 15 is 0 Å². The molecule has 1 N–H and O–H groups in total. The second-order valence-electron chi connectivity index (χ2n) is 5.17. The number of hydrogen-bond acceptors (Lipinski definition) is 4. The highest BCUT2D eigenvalue weighted by Crippen LogP contribution is 2.27. The van der Waals surface area contributed by atoms with Crippen molar-refractivity contribution >= 4 is 12.0 Å². The summed E-state index contributed by atoms with van der Waals surface area (Å²) in [7, 11) is 0. The van der Waals surface area contributed by atoms with Gasteiger partial charge in [0.25, 0.3) is 0 Å². The molecular formula is C18H24O4. The fourth-order valence-electron chi connectivity index (χ4n) is 1.58. The first-order valence-electron chi connectivity index (χ1n) is 7.47. The molecule has 0 aliphatic carbocycles. The van der Waals surface area contributed by atoms with Crippen molar-refractivity contribution in [3.63, 3.8) is 0 Å². The molecule has 0 aliphatic rings. The van der Waals surface area contributed by atoms with Crippen molar-refractivity contribution in [1.29, 1.82) is 0 Å². The van der Waals surface area contributed by atoms with Gasteiger partial charge in [0, 0.05) is 6.08 Å². The van der Waals surface area contributed by atoms with E-state index in [0.717, 1.165) is 24.0 Å². The molecule has 0 saturated carbocycles. The quantitative estimate of drug-likeness (QED) is 0.340. The molecule has 1 rings (SSSR count). The molecule has 0 spiro atoms. The summed E-state index contributed by atoms with van der Waals surface area (Å²) >= 11 is 0. The molecule has 0 fully saturated rings. The number of phenolic OH excluding ortho intramolecular Hbond substituents is 1. The smallest absolute Gasteiger partial charge is 0.331 e. The van der Waals surface area contributed by atoms with Gasteiger partial charge in [-0.1, -0.05) is 25.0 Å². The minimum Gasteiger partial charge on any atom is -0.504 e. The molecular weight excluding hydrogens is 280 g/mol. The van der Waals surface area contributed by atoms with Gasteiger partial charge in [0.05, 0.1) is 6.61 Å². The molecule has 0 unspecified atom stereocenters. The van der Waals surface area contributed by atoms with Crippen LogP contribution < -0.4 is 4.74 Å². The van der Waals surface area contributed by atoms with Gasteiger partial charge in [-0.25, -0.2) is 4.79 Å². The van der Waals surface area contributed by atoms with E-state index in [9.17, 15) is 9.90 Å². The number of rotatable bonds is 8. The molecule has 0 heterocycles. The Morgan fingerprint density at radius 3 is 2.77 bits per heavy atom. The molecule has 120 valence electrons. The third-order valence-electron chi connectivity index (χ3n) is 2.87. The van der Waals surface area contributed by atoms with E-state index in [1.165, 1.54) is 6.08 Å². The molecule has 4 nitrogen and oxygen atoms in total. The molecule has 0 atom stereocenters. The van der Waals surface area contributed by atoms with Crippen molar-refractivity contribution in [1.82, 2.24) is 0 Å². The van der Waals surface area contributed by atoms with Crippen LogP contribution in [0.1, 0.15) is 39.2 Å². The monoisotopic (exact) mass is 304 g/mol. The van der Waals surface area contributed by atoms with Crippen LogP contribution in [0.2, 0.25) is 0 Å². The normalized spacial score (nSPS) is 10.5. The Bertz CT molecular complexity index is 540. The predicted molar refractivity (Wildman–Crippen MR) is 87.9 cm³/mol. The molecule has 0 aliphatic heterocycles. The van der Waals surface area contributed by atoms with Gasteiger partial charge >= 0.3 is 5.97 Å². The fraction of sp³-hybridized carbons (Fsp3) is 0.389. The summed E-state index contributed by atoms with van der Waals surface area (Å²) in [5, 5.41) is 9.73. The zero-order chi connectivity index (χ0) is 16.4. The molecule has 0 saturated heterocycles. The highest BCUT2D eigenvalue weighted by atomic mass is 16.5. The van der Waals surface area contributed by atoms with Gasteiger partial charge in [-0.05, 0) is 50.1 Å². The van der Waals surface area contributed by atoms with Crippen molar-refractivity contribution in [2.45, 2.75) is 33.6 Å². The van der Waals surface area contributed by atoms with Gasteiger partial charge in [0.1, 0.15) is 6.61 Å². The summed E-state index contributed by atoms with van der Waals surface area (Å²) in [5.74, 6) is 0.118. The van der Waals surface area contributed by atoms with Crippen molar-refractivity contribution in [3.8, 4) is 11.5 Å². The Hall–Kier alpha value is -2.23. The van der Waals surface area contributed by atoms with Crippen LogP contribution in [0, 0.1) is 0 Å². The van der Waals surface area contributed by atoms with Gasteiger partial charge < -0.3 is 14.6 Å². The van der Waals surface area contributed by atoms with E-state index in [0.29, 0.717) is 12.4 Å². The lowest BCUT2D eigenvalue weighted by Gasteiger charge is -2.08. The van der Waals surface area contributed by atoms with E-state index in [2.05, 4.69) is 6.92 Å². The Balaban J connectivity index is 2.61. The van der Waals surface area contributed by atoms with Gasteiger partial charge in [-0.15, -0.1) is 0 Å². The Labute approximate surface area is 132 Å². The summed E-state index contributed by atoms with van der Waals surface area (Å²) in [5.41, 5.74) is 1.87. The van der Waals surface area contributed by atoms with Crippen molar-refractivity contribution < 1.29 is 19.4 Å². The van der Waals surface area contributed by atoms with Crippen LogP contribution in [0.3, 0.4) is 0 Å². The van der Waals surface area contributed by atoms with Gasteiger partial charge in [-0.3, -0.25) is 0 Å². The SMILES string of the molecule is CCCCOc1cc(C=CC(=O)OCC=C(C)C)ccc1O. The zero-order valence-corrected chi connectivity index (χ0v) is 13.5. The average molecular weight is 304 g/mol. The largest absolute Gasteiger partial charge is 0.504 e. The number of carbonyl (C=O) groups is 1. The van der Waals surface area contributed by atoms with Crippen LogP contribution in [0.5, 0.6) is 11.5 Å². The molecule has 0 radical (unpaired) electrons. The molecule has 0 bridgehead atoms. The van der Waals surface area contributed by atoms with Crippen LogP contribution in [-0.4, -0.2) is 24.3 Å². The maximum atomic E-state index is 11.5. The highest BCUT2D eigenvalue weighted by Gasteiger charge is 2.03. The lowest BCUT2D eigenvalue weighted by molar-refractivity contribution is -0.136. The first-order chi connectivity index (χ1) is 10.5. The van der Waals surface area contributed by atoms with Crippen LogP contribution in [0.25, 0.3) is 6.08 Å². The van der Waals surface area contributed by atoms with Crippen LogP contribution in [0.15, 0.2) is 35.9 Å². The Morgan fingerprint density at radius 2 is 2.09 bits per heavy atom. The third kappa shape index (κ3) is 6.97. The second kappa shape index (κ2) is 9.66. The first kappa shape index (κ1) is 17.8. The number of esters is 1. The predicted octanol–water partition coefficient (Wildman–Crippen LogP) is 4.09. The maximum absolute atomic E-state index is 11.5. The van der Waals surface area contributed by atoms with E-state index in [1.807, 2.05) is 19.9 Å². The standard InChI is InChI=1S/C18H24O4/c1-4-5-11-21-17-13-15(6-8-16(17)19)7-9-18(20)22-12-10-14(2)3/h6-10,13,19H,4-5,11-12H2,1-3H3. The third-order valence-corrected chi connectivity index (χ3v) is 2.87. The van der Waals surface area contributed by atoms with Crippen LogP contribution in [-0.2, 0) is 9.53 Å². The minimum absolute atomic E-state index is 0.0967. The summed E-state index contributed by atoms with van der Waals surface area (Å²) in [6.45, 7) is 6.79. The summed E-state index contributed by atoms with van der Waals surface area (Å²) in [6, 6.07) is 4.96. The maximum Gasteiger partial charge on any atom is 0.331 e. The van der Waals surface area contributed by atoms with E-state index in [-0.39, 0.29) is 12.4 Å². The summed E-state index contributed by atoms with van der Waals surface area (Å²) in [4.78, 5) is 11.5. The number of phenols is 1. The van der Waals surface area contributed by atoms with Crippen molar-refractivity contribution in [2.24, 2.45) is 0 Å². The summed E-state index contributed by atoms with van der Waals surface area (Å²) < 4.78 is 10.5. The highest BCUT2D eigenvalue weighted by molar-refractivity contribution is 5.87. The van der Waals surface area contributed by atoms with Crippen LogP contribution >= 0.6 is 0 Å². The lowest BCUT2D eigenvalue weighted by Crippen LogP contribution is -2.00. The Kier molecular flexibility index (Phi) is 7.83. The lowest BCUT2D eigenvalue weighted by atomic mass is 10.2. The number of hydrogen-bond donors (Lipinski definition) is 1. The van der Waals surface area contributed by atoms with Gasteiger partial charge in [0.2, 0.25) is 0 Å². The van der Waals surface area contributed by atoms with Crippen molar-refractivity contribution in [3.05, 3.63) is 41.5 Å². The average Bonchev–Trinajstić information content (AvgIpc) is 2.47. The molecule has 1 aromatic carbocycles. The van der Waals surface area contributed by atoms with Crippen LogP contribution in [0.4, 0.5) is 0 Å². The molecule has 22 heavy (non-hydrogen) atoms. The topological polar surface area (TPSA) is 55.8 Å². The minimum atomic E-state index is -0.404. The summed E-state index contributed by atoms with van der Waals surface area (Å²) in [6.07, 6.45) is 6.79. The number of ether oxygens (including phenoxy) is 2. The molecule has 4 heteroatoms. The first-order valence-corrected chi connectivity index (χ1v) is 7.47. The Morgan fingerprint density at radius 1 is 1.32 bits per heavy atom. The number of unbranched alkanes of at least 4 members (excludes halogenated alkanes) is 1. The molecule has 1 aromatic rings. The van der Waals surface area contributed by atoms with Gasteiger partial charge in [-0.2, -0.15) is 0 Å². The molecule has 0 amide bonds. The van der Waals surface area contributed by atoms with E-state index < -0.39 is 5.97 Å². The number of aromatic hydroxyl groups is 1. The molecule has 0 aromatic heterocycles. The number of benzene rings is 1. The number of allylic oxidation sites excluding steroid dienone is 1. The van der Waals surface area contributed by atoms with E-state index in [1.54, 1.807) is 24.3 Å². The zero-order valence-electron chi connectivity index (χ0n) is 13.5. The fourth-order valence-corrected chi connectivity index (χ4v) is 1.58. The number of carbonyl (C=O) groups excluding carboxylic acids is 1. The van der Waals surface area contributed by atoms with Crippen molar-refractivity contribution in [2.75, 3.05) is 13.2 Å². The van der Waals surface area contributed by atoms with E-state index in [4.69, 9.17) is 9.47 Å². The van der Waals surface area contributed by atoms with Gasteiger partial charge in [0.15, 0.2) is 11.5 Å². The second-order valence-corrected chi connectivity index (χ2v) is 5.17.